The molecule has 1 rings (SSSR count). The average molecular weight is 261 g/mol. The molecule has 0 radical (unpaired) electrons. The highest BCUT2D eigenvalue weighted by atomic mass is 35.5. The molecule has 1 heterocycles. The number of nitrogens with zero attached hydrogens (tertiary/aromatic N) is 2. The molecule has 1 aromatic rings. The molecule has 3 nitrogen and oxygen atoms in total. The van der Waals surface area contributed by atoms with Gasteiger partial charge >= 0.3 is 0 Å². The third-order valence-electron chi connectivity index (χ3n) is 1.68. The second kappa shape index (κ2) is 10.0. The fourth-order valence-electron chi connectivity index (χ4n) is 0.883. The minimum absolute atomic E-state index is 0.0182. The number of ether oxygens (including phenoxy) is 1. The van der Waals surface area contributed by atoms with Crippen LogP contribution < -0.4 is 0 Å². The smallest absolute Gasteiger partial charge is 0.223 e. The first-order chi connectivity index (χ1) is 8.24. The maximum absolute atomic E-state index is 13.1. The van der Waals surface area contributed by atoms with Gasteiger partial charge in [0.05, 0.1) is 19.1 Å². The minimum Gasteiger partial charge on any atom is -0.501 e. The van der Waals surface area contributed by atoms with E-state index in [1.54, 1.807) is 0 Å². The van der Waals surface area contributed by atoms with E-state index < -0.39 is 5.82 Å². The lowest BCUT2D eigenvalue weighted by Gasteiger charge is -1.98. The zero-order chi connectivity index (χ0) is 13.1. The summed E-state index contributed by atoms with van der Waals surface area (Å²) >= 11 is 5.52. The summed E-state index contributed by atoms with van der Waals surface area (Å²) in [6, 6.07) is 0. The van der Waals surface area contributed by atoms with Crippen LogP contribution in [-0.2, 0) is 4.74 Å². The molecule has 96 valence electrons. The summed E-state index contributed by atoms with van der Waals surface area (Å²) < 4.78 is 18.2. The quantitative estimate of drug-likeness (QED) is 0.454. The molecular formula is C12H18ClFN2O. The topological polar surface area (TPSA) is 35.0 Å². The van der Waals surface area contributed by atoms with Gasteiger partial charge in [-0.3, -0.25) is 0 Å². The molecule has 0 unspecified atom stereocenters. The van der Waals surface area contributed by atoms with Crippen LogP contribution in [0.2, 0.25) is 5.28 Å². The number of hydrogen-bond acceptors (Lipinski definition) is 3. The lowest BCUT2D eigenvalue weighted by atomic mass is 10.4. The van der Waals surface area contributed by atoms with Gasteiger partial charge in [0, 0.05) is 6.08 Å². The fourth-order valence-corrected chi connectivity index (χ4v) is 1.02. The predicted molar refractivity (Wildman–Crippen MR) is 68.2 cm³/mol. The Bertz CT molecular complexity index is 345. The molecule has 0 amide bonds. The van der Waals surface area contributed by atoms with Gasteiger partial charge in [-0.05, 0) is 18.0 Å². The standard InChI is InChI=1S/C10H12ClFN2O.C2H6/c1-2-3-5-15-6-4-9-8(12)7-13-10(11)14-9;1-2/h4,6-7H,2-3,5H2,1H3;1-2H3/b6-4-;. The first-order valence-electron chi connectivity index (χ1n) is 5.70. The summed E-state index contributed by atoms with van der Waals surface area (Å²) in [4.78, 5) is 7.20. The maximum atomic E-state index is 13.1. The fraction of sp³-hybridized carbons (Fsp3) is 0.500. The van der Waals surface area contributed by atoms with Gasteiger partial charge in [0.2, 0.25) is 5.28 Å². The van der Waals surface area contributed by atoms with Crippen LogP contribution in [0.25, 0.3) is 6.08 Å². The normalized spacial score (nSPS) is 9.94. The van der Waals surface area contributed by atoms with Crippen molar-refractivity contribution in [2.45, 2.75) is 33.6 Å². The summed E-state index contributed by atoms with van der Waals surface area (Å²) in [5, 5.41) is 0.0182. The van der Waals surface area contributed by atoms with Crippen LogP contribution >= 0.6 is 11.6 Å². The molecular weight excluding hydrogens is 243 g/mol. The van der Waals surface area contributed by atoms with E-state index >= 15 is 0 Å². The van der Waals surface area contributed by atoms with Gasteiger partial charge in [-0.1, -0.05) is 27.2 Å². The van der Waals surface area contributed by atoms with Gasteiger partial charge in [-0.15, -0.1) is 0 Å². The van der Waals surface area contributed by atoms with Gasteiger partial charge in [0.1, 0.15) is 5.69 Å². The highest BCUT2D eigenvalue weighted by Gasteiger charge is 2.01. The Balaban J connectivity index is 0.00000121. The molecule has 0 aromatic carbocycles. The Hall–Kier alpha value is -1.16. The van der Waals surface area contributed by atoms with Crippen LogP contribution in [-0.4, -0.2) is 16.6 Å². The molecule has 0 spiro atoms. The molecule has 0 aliphatic rings. The van der Waals surface area contributed by atoms with E-state index in [9.17, 15) is 4.39 Å². The van der Waals surface area contributed by atoms with Gasteiger partial charge in [0.25, 0.3) is 0 Å². The van der Waals surface area contributed by atoms with Crippen LogP contribution in [0, 0.1) is 5.82 Å². The number of unbranched alkanes of at least 4 members (excludes halogenated alkanes) is 1. The highest BCUT2D eigenvalue weighted by Crippen LogP contribution is 2.08. The highest BCUT2D eigenvalue weighted by molar-refractivity contribution is 6.28. The van der Waals surface area contributed by atoms with Crippen LogP contribution in [0.4, 0.5) is 4.39 Å². The number of hydrogen-bond donors (Lipinski definition) is 0. The largest absolute Gasteiger partial charge is 0.501 e. The number of halogens is 2. The molecule has 1 aromatic heterocycles. The minimum atomic E-state index is -0.519. The molecule has 0 aliphatic heterocycles. The zero-order valence-corrected chi connectivity index (χ0v) is 11.2. The Kier molecular flexibility index (Phi) is 9.34. The summed E-state index contributed by atoms with van der Waals surface area (Å²) in [6.07, 6.45) is 5.90. The predicted octanol–water partition coefficient (Wildman–Crippen LogP) is 4.08. The lowest BCUT2D eigenvalue weighted by molar-refractivity contribution is 0.246. The monoisotopic (exact) mass is 260 g/mol. The van der Waals surface area contributed by atoms with Crippen molar-refractivity contribution in [3.8, 4) is 0 Å². The molecule has 5 heteroatoms. The molecule has 0 aliphatic carbocycles. The van der Waals surface area contributed by atoms with Crippen LogP contribution in [0.3, 0.4) is 0 Å². The van der Waals surface area contributed by atoms with Crippen molar-refractivity contribution in [2.75, 3.05) is 6.61 Å². The Morgan fingerprint density at radius 3 is 2.82 bits per heavy atom. The SMILES string of the molecule is CC.CCCCO/C=C\c1nc(Cl)ncc1F. The van der Waals surface area contributed by atoms with Crippen molar-refractivity contribution in [1.82, 2.24) is 9.97 Å². The van der Waals surface area contributed by atoms with Gasteiger partial charge in [-0.2, -0.15) is 0 Å². The molecule has 17 heavy (non-hydrogen) atoms. The van der Waals surface area contributed by atoms with Gasteiger partial charge in [0.15, 0.2) is 5.82 Å². The zero-order valence-electron chi connectivity index (χ0n) is 10.4. The van der Waals surface area contributed by atoms with Crippen molar-refractivity contribution in [3.05, 3.63) is 29.3 Å². The van der Waals surface area contributed by atoms with Crippen LogP contribution in [0.5, 0.6) is 0 Å². The maximum Gasteiger partial charge on any atom is 0.223 e. The van der Waals surface area contributed by atoms with E-state index in [0.717, 1.165) is 19.0 Å². The molecule has 0 saturated heterocycles. The van der Waals surface area contributed by atoms with Gasteiger partial charge < -0.3 is 4.74 Å². The third-order valence-corrected chi connectivity index (χ3v) is 1.86. The Morgan fingerprint density at radius 2 is 2.18 bits per heavy atom. The third kappa shape index (κ3) is 6.89. The van der Waals surface area contributed by atoms with Crippen molar-refractivity contribution >= 4 is 17.7 Å². The molecule has 0 saturated carbocycles. The summed E-state index contributed by atoms with van der Waals surface area (Å²) in [5.74, 6) is -0.519. The summed E-state index contributed by atoms with van der Waals surface area (Å²) in [7, 11) is 0. The Morgan fingerprint density at radius 1 is 1.47 bits per heavy atom. The first kappa shape index (κ1) is 15.8. The number of rotatable bonds is 5. The van der Waals surface area contributed by atoms with E-state index in [4.69, 9.17) is 16.3 Å². The summed E-state index contributed by atoms with van der Waals surface area (Å²) in [6.45, 7) is 6.68. The van der Waals surface area contributed by atoms with E-state index in [2.05, 4.69) is 16.9 Å². The molecule has 0 N–H and O–H groups in total. The van der Waals surface area contributed by atoms with Crippen LogP contribution in [0.15, 0.2) is 12.5 Å². The number of aromatic nitrogens is 2. The Labute approximate surface area is 107 Å². The van der Waals surface area contributed by atoms with E-state index in [1.165, 1.54) is 12.3 Å². The second-order valence-electron chi connectivity index (χ2n) is 2.90. The van der Waals surface area contributed by atoms with E-state index in [0.29, 0.717) is 6.61 Å². The molecule has 0 bridgehead atoms. The van der Waals surface area contributed by atoms with Crippen molar-refractivity contribution in [2.24, 2.45) is 0 Å². The molecule has 0 atom stereocenters. The van der Waals surface area contributed by atoms with Crippen LogP contribution in [0.1, 0.15) is 39.3 Å². The van der Waals surface area contributed by atoms with Crippen molar-refractivity contribution in [3.63, 3.8) is 0 Å². The molecule has 0 fully saturated rings. The van der Waals surface area contributed by atoms with E-state index in [1.807, 2.05) is 13.8 Å². The van der Waals surface area contributed by atoms with Crippen molar-refractivity contribution < 1.29 is 9.13 Å². The average Bonchev–Trinajstić information content (AvgIpc) is 2.36. The lowest BCUT2D eigenvalue weighted by Crippen LogP contribution is -1.92. The first-order valence-corrected chi connectivity index (χ1v) is 6.08. The van der Waals surface area contributed by atoms with E-state index in [-0.39, 0.29) is 11.0 Å². The summed E-state index contributed by atoms with van der Waals surface area (Å²) in [5.41, 5.74) is 0.131. The second-order valence-corrected chi connectivity index (χ2v) is 3.24. The van der Waals surface area contributed by atoms with Crippen molar-refractivity contribution in [1.29, 1.82) is 0 Å². The van der Waals surface area contributed by atoms with Gasteiger partial charge in [-0.25, -0.2) is 14.4 Å².